The van der Waals surface area contributed by atoms with E-state index in [4.69, 9.17) is 0 Å². The van der Waals surface area contributed by atoms with Crippen LogP contribution in [0.3, 0.4) is 0 Å². The molecule has 8 heteroatoms. The van der Waals surface area contributed by atoms with Gasteiger partial charge >= 0.3 is 6.18 Å². The van der Waals surface area contributed by atoms with E-state index in [1.54, 1.807) is 36.3 Å². The second kappa shape index (κ2) is 29.1. The summed E-state index contributed by atoms with van der Waals surface area (Å²) in [5.74, 6) is -0.461. The molecule has 1 aliphatic rings. The van der Waals surface area contributed by atoms with Crippen LogP contribution in [0.5, 0.6) is 0 Å². The molecule has 2 aromatic rings. The maximum atomic E-state index is 13.2. The average molecular weight is 747 g/mol. The molecule has 52 heavy (non-hydrogen) atoms. The van der Waals surface area contributed by atoms with Crippen molar-refractivity contribution in [1.82, 2.24) is 4.90 Å². The van der Waals surface area contributed by atoms with Crippen LogP contribution in [0, 0.1) is 0 Å². The molecule has 1 N–H and O–H groups in total. The fourth-order valence-electron chi connectivity index (χ4n) is 4.37. The lowest BCUT2D eigenvalue weighted by Crippen LogP contribution is -2.36. The molecule has 3 rings (SSSR count). The third kappa shape index (κ3) is 20.6. The van der Waals surface area contributed by atoms with Crippen LogP contribution < -0.4 is 5.32 Å². The number of halogens is 3. The van der Waals surface area contributed by atoms with Crippen molar-refractivity contribution in [1.29, 1.82) is 0 Å². The van der Waals surface area contributed by atoms with Crippen molar-refractivity contribution in [3.63, 3.8) is 0 Å². The number of amides is 2. The van der Waals surface area contributed by atoms with Crippen molar-refractivity contribution in [3.05, 3.63) is 97.8 Å². The van der Waals surface area contributed by atoms with Crippen LogP contribution in [0.25, 0.3) is 0 Å². The molecule has 0 saturated carbocycles. The van der Waals surface area contributed by atoms with Crippen molar-refractivity contribution in [2.45, 2.75) is 154 Å². The van der Waals surface area contributed by atoms with Crippen molar-refractivity contribution < 1.29 is 22.8 Å². The van der Waals surface area contributed by atoms with Gasteiger partial charge in [0.05, 0.1) is 17.7 Å². The lowest BCUT2D eigenvalue weighted by Gasteiger charge is -2.27. The molecule has 0 aliphatic carbocycles. The van der Waals surface area contributed by atoms with E-state index < -0.39 is 17.6 Å². The summed E-state index contributed by atoms with van der Waals surface area (Å²) in [4.78, 5) is 27.9. The van der Waals surface area contributed by atoms with Gasteiger partial charge in [-0.2, -0.15) is 13.2 Å². The van der Waals surface area contributed by atoms with Crippen LogP contribution in [-0.2, 0) is 30.4 Å². The summed E-state index contributed by atoms with van der Waals surface area (Å²) in [6.07, 6.45) is 14.5. The maximum Gasteiger partial charge on any atom is 0.416 e. The number of nitrogens with zero attached hydrogens (tertiary/aromatic N) is 1. The molecular formula is C44H69F3N2O2S. The lowest BCUT2D eigenvalue weighted by atomic mass is 10.0. The Bertz CT molecular complexity index is 1420. The largest absolute Gasteiger partial charge is 0.416 e. The number of anilines is 1. The number of allylic oxidation sites excluding steroid dienone is 7. The second-order valence-electron chi connectivity index (χ2n) is 12.9. The van der Waals surface area contributed by atoms with Gasteiger partial charge in [-0.25, -0.2) is 0 Å². The zero-order valence-electron chi connectivity index (χ0n) is 34.6. The summed E-state index contributed by atoms with van der Waals surface area (Å²) in [6.45, 7) is 27.6. The number of hydrogen-bond acceptors (Lipinski definition) is 3. The Morgan fingerprint density at radius 1 is 0.885 bits per heavy atom. The Morgan fingerprint density at radius 2 is 1.46 bits per heavy atom. The first-order chi connectivity index (χ1) is 24.6. The SMILES string of the molecule is C/C=C(\C)C(=O)N1CCc2c(C(=O)Nc3cc(CC)cc(C(F)(F)F)c3)csc2C1.C/C=C\C=C/C(C)=C(C)C.CCC.CCC.CCCCCC. The fraction of sp³-hybridized carbons (Fsp3) is 0.545. The van der Waals surface area contributed by atoms with E-state index in [2.05, 4.69) is 79.8 Å². The van der Waals surface area contributed by atoms with Gasteiger partial charge in [0, 0.05) is 28.1 Å². The highest BCUT2D eigenvalue weighted by molar-refractivity contribution is 7.10. The van der Waals surface area contributed by atoms with Gasteiger partial charge in [-0.1, -0.05) is 129 Å². The number of unbranched alkanes of at least 4 members (excludes halogenated alkanes) is 3. The van der Waals surface area contributed by atoms with E-state index >= 15 is 0 Å². The Hall–Kier alpha value is -3.39. The van der Waals surface area contributed by atoms with E-state index in [9.17, 15) is 22.8 Å². The first-order valence-electron chi connectivity index (χ1n) is 19.0. The van der Waals surface area contributed by atoms with Crippen molar-refractivity contribution in [2.75, 3.05) is 11.9 Å². The Balaban J connectivity index is 0. The van der Waals surface area contributed by atoms with E-state index in [-0.39, 0.29) is 11.6 Å². The highest BCUT2D eigenvalue weighted by atomic mass is 32.1. The van der Waals surface area contributed by atoms with E-state index in [1.807, 2.05) is 26.0 Å². The molecule has 2 amide bonds. The number of carbonyl (C=O) groups is 2. The molecule has 1 aromatic carbocycles. The Morgan fingerprint density at radius 3 is 1.92 bits per heavy atom. The summed E-state index contributed by atoms with van der Waals surface area (Å²) in [5.41, 5.74) is 4.56. The third-order valence-electron chi connectivity index (χ3n) is 7.63. The zero-order chi connectivity index (χ0) is 40.3. The van der Waals surface area contributed by atoms with E-state index in [1.165, 1.54) is 61.0 Å². The van der Waals surface area contributed by atoms with Gasteiger partial charge < -0.3 is 10.2 Å². The first-order valence-corrected chi connectivity index (χ1v) is 19.9. The summed E-state index contributed by atoms with van der Waals surface area (Å²) in [6, 6.07) is 3.61. The van der Waals surface area contributed by atoms with E-state index in [0.717, 1.165) is 22.6 Å². The Labute approximate surface area is 319 Å². The van der Waals surface area contributed by atoms with Crippen LogP contribution in [0.2, 0.25) is 0 Å². The molecule has 0 atom stereocenters. The number of nitrogens with one attached hydrogen (secondary N) is 1. The van der Waals surface area contributed by atoms with Crippen LogP contribution >= 0.6 is 11.3 Å². The molecule has 0 unspecified atom stereocenters. The van der Waals surface area contributed by atoms with Crippen LogP contribution in [0.15, 0.2) is 70.7 Å². The van der Waals surface area contributed by atoms with Crippen LogP contribution in [-0.4, -0.2) is 23.3 Å². The normalized spacial score (nSPS) is 12.2. The molecule has 1 aliphatic heterocycles. The summed E-state index contributed by atoms with van der Waals surface area (Å²) in [5, 5.41) is 4.33. The highest BCUT2D eigenvalue weighted by Gasteiger charge is 2.32. The topological polar surface area (TPSA) is 49.4 Å². The molecule has 0 radical (unpaired) electrons. The molecule has 0 spiro atoms. The van der Waals surface area contributed by atoms with Crippen LogP contribution in [0.4, 0.5) is 18.9 Å². The second-order valence-corrected chi connectivity index (χ2v) is 13.9. The highest BCUT2D eigenvalue weighted by Crippen LogP contribution is 2.33. The first kappa shape index (κ1) is 50.7. The minimum absolute atomic E-state index is 0.0291. The monoisotopic (exact) mass is 747 g/mol. The third-order valence-corrected chi connectivity index (χ3v) is 8.64. The minimum atomic E-state index is -4.48. The molecule has 0 bridgehead atoms. The van der Waals surface area contributed by atoms with Gasteiger partial charge in [-0.3, -0.25) is 9.59 Å². The van der Waals surface area contributed by atoms with Gasteiger partial charge in [-0.05, 0) is 83.7 Å². The van der Waals surface area contributed by atoms with Crippen molar-refractivity contribution in [2.24, 2.45) is 0 Å². The number of thiophene rings is 1. The number of rotatable bonds is 9. The predicted octanol–water partition coefficient (Wildman–Crippen LogP) is 14.3. The molecule has 294 valence electrons. The smallest absolute Gasteiger partial charge is 0.333 e. The zero-order valence-corrected chi connectivity index (χ0v) is 35.4. The van der Waals surface area contributed by atoms with Gasteiger partial charge in [0.1, 0.15) is 0 Å². The van der Waals surface area contributed by atoms with Crippen molar-refractivity contribution in [3.8, 4) is 0 Å². The summed E-state index contributed by atoms with van der Waals surface area (Å²) >= 11 is 1.39. The number of benzene rings is 1. The van der Waals surface area contributed by atoms with Crippen molar-refractivity contribution >= 4 is 28.8 Å². The molecule has 0 fully saturated rings. The minimum Gasteiger partial charge on any atom is -0.333 e. The van der Waals surface area contributed by atoms with Gasteiger partial charge in [-0.15, -0.1) is 11.3 Å². The number of hydrogen-bond donors (Lipinski definition) is 1. The molecule has 2 heterocycles. The summed E-state index contributed by atoms with van der Waals surface area (Å²) in [7, 11) is 0. The predicted molar refractivity (Wildman–Crippen MR) is 221 cm³/mol. The fourth-order valence-corrected chi connectivity index (χ4v) is 5.47. The Kier molecular flexibility index (Phi) is 28.4. The molecule has 4 nitrogen and oxygen atoms in total. The number of alkyl halides is 3. The van der Waals surface area contributed by atoms with Crippen LogP contribution in [0.1, 0.15) is 160 Å². The molecule has 0 saturated heterocycles. The number of aryl methyl sites for hydroxylation is 1. The van der Waals surface area contributed by atoms with Gasteiger partial charge in [0.25, 0.3) is 5.91 Å². The van der Waals surface area contributed by atoms with Gasteiger partial charge in [0.15, 0.2) is 0 Å². The quantitative estimate of drug-likeness (QED) is 0.158. The van der Waals surface area contributed by atoms with E-state index in [0.29, 0.717) is 42.6 Å². The molecule has 1 aromatic heterocycles. The maximum absolute atomic E-state index is 13.2. The standard InChI is InChI=1S/C22H23F3N2O2S.C10H16.C6H14.2C3H8/c1-4-13(3)21(29)27-7-6-17-18(12-30-19(17)11-27)20(28)26-16-9-14(5-2)8-15(10-16)22(23,24)25;1-5-6-7-8-10(4)9(2)3;1-3-5-6-4-2;2*1-3-2/h4,8-10,12H,5-7,11H2,1-3H3,(H,26,28);5-8H,1-4H3;3-6H2,1-2H3;2*3H2,1-2H3/b13-4+;6-5-,8-7-;;;. The number of carbonyl (C=O) groups excluding carboxylic acids is 2. The lowest BCUT2D eigenvalue weighted by molar-refractivity contribution is -0.137. The summed E-state index contributed by atoms with van der Waals surface area (Å²) < 4.78 is 39.5. The van der Waals surface area contributed by atoms with Gasteiger partial charge in [0.2, 0.25) is 5.91 Å². The average Bonchev–Trinajstić information content (AvgIpc) is 3.54. The number of fused-ring (bicyclic) bond motifs is 1. The molecular weight excluding hydrogens is 678 g/mol.